The molecule has 8 heteroatoms. The lowest BCUT2D eigenvalue weighted by Gasteiger charge is -2.11. The summed E-state index contributed by atoms with van der Waals surface area (Å²) in [5.74, 6) is -1.46. The Balaban J connectivity index is 1.88. The first kappa shape index (κ1) is 16.9. The fraction of sp³-hybridized carbons (Fsp3) is 0.0526. The summed E-state index contributed by atoms with van der Waals surface area (Å²) in [7, 11) is 0. The van der Waals surface area contributed by atoms with Crippen molar-refractivity contribution < 1.29 is 32.2 Å². The lowest BCUT2D eigenvalue weighted by atomic mass is 10.1. The zero-order valence-electron chi connectivity index (χ0n) is 13.4. The predicted octanol–water partition coefficient (Wildman–Crippen LogP) is 5.24. The van der Waals surface area contributed by atoms with E-state index >= 15 is 0 Å². The molecule has 5 nitrogen and oxygen atoms in total. The molecule has 2 aromatic carbocycles. The molecule has 0 bridgehead atoms. The maximum atomic E-state index is 12.4. The second-order valence-corrected chi connectivity index (χ2v) is 5.74. The molecule has 0 aliphatic carbocycles. The van der Waals surface area contributed by atoms with Crippen LogP contribution in [0.3, 0.4) is 0 Å². The topological polar surface area (TPSA) is 72.6 Å². The summed E-state index contributed by atoms with van der Waals surface area (Å²) in [4.78, 5) is 16.0. The number of aromatic nitrogens is 1. The first-order valence-electron chi connectivity index (χ1n) is 7.73. The number of ether oxygens (including phenoxy) is 1. The van der Waals surface area contributed by atoms with Crippen LogP contribution in [0.1, 0.15) is 10.4 Å². The fourth-order valence-corrected chi connectivity index (χ4v) is 2.81. The highest BCUT2D eigenvalue weighted by Crippen LogP contribution is 2.32. The van der Waals surface area contributed by atoms with E-state index < -0.39 is 18.1 Å². The molecule has 136 valence electrons. The standard InChI is InChI=1S/C19H10F3NO4/c20-19(21,22)27-11-5-6-14-12(8-11)13(18(24)25)9-15(23-14)17-7-10-3-1-2-4-16(10)26-17/h1-9H,(H,24,25). The van der Waals surface area contributed by atoms with Gasteiger partial charge in [0.1, 0.15) is 17.0 Å². The number of alkyl halides is 3. The highest BCUT2D eigenvalue weighted by molar-refractivity contribution is 6.04. The summed E-state index contributed by atoms with van der Waals surface area (Å²) < 4.78 is 46.8. The van der Waals surface area contributed by atoms with Gasteiger partial charge >= 0.3 is 12.3 Å². The van der Waals surface area contributed by atoms with Gasteiger partial charge in [0.05, 0.1) is 11.1 Å². The smallest absolute Gasteiger partial charge is 0.478 e. The van der Waals surface area contributed by atoms with E-state index in [1.165, 1.54) is 12.1 Å². The molecular weight excluding hydrogens is 363 g/mol. The Kier molecular flexibility index (Phi) is 3.76. The Hall–Kier alpha value is -3.55. The van der Waals surface area contributed by atoms with E-state index in [-0.39, 0.29) is 22.2 Å². The van der Waals surface area contributed by atoms with Crippen molar-refractivity contribution in [1.82, 2.24) is 4.98 Å². The number of aromatic carboxylic acids is 1. The van der Waals surface area contributed by atoms with Gasteiger partial charge in [0.15, 0.2) is 5.76 Å². The highest BCUT2D eigenvalue weighted by atomic mass is 19.4. The van der Waals surface area contributed by atoms with Crippen molar-refractivity contribution in [2.45, 2.75) is 6.36 Å². The molecule has 0 aliphatic heterocycles. The number of rotatable bonds is 3. The van der Waals surface area contributed by atoms with Crippen LogP contribution in [0.25, 0.3) is 33.3 Å². The molecule has 0 spiro atoms. The van der Waals surface area contributed by atoms with Gasteiger partial charge in [-0.15, -0.1) is 13.2 Å². The molecule has 2 aromatic heterocycles. The average Bonchev–Trinajstić information content (AvgIpc) is 3.03. The van der Waals surface area contributed by atoms with Gasteiger partial charge in [-0.25, -0.2) is 9.78 Å². The first-order chi connectivity index (χ1) is 12.8. The number of halogens is 3. The molecule has 4 rings (SSSR count). The van der Waals surface area contributed by atoms with Crippen LogP contribution in [0.15, 0.2) is 59.0 Å². The molecule has 4 aromatic rings. The van der Waals surface area contributed by atoms with Crippen LogP contribution < -0.4 is 4.74 Å². The van der Waals surface area contributed by atoms with Crippen LogP contribution in [-0.2, 0) is 0 Å². The lowest BCUT2D eigenvalue weighted by Crippen LogP contribution is -2.17. The molecular formula is C19H10F3NO4. The van der Waals surface area contributed by atoms with Gasteiger partial charge in [-0.3, -0.25) is 0 Å². The number of para-hydroxylation sites is 1. The molecule has 0 atom stereocenters. The number of carbonyl (C=O) groups is 1. The number of carboxylic acids is 1. The molecule has 0 saturated heterocycles. The molecule has 0 fully saturated rings. The Morgan fingerprint density at radius 3 is 2.56 bits per heavy atom. The number of benzene rings is 2. The molecule has 0 aliphatic rings. The molecule has 0 saturated carbocycles. The van der Waals surface area contributed by atoms with Gasteiger partial charge in [0, 0.05) is 10.8 Å². The van der Waals surface area contributed by atoms with E-state index in [4.69, 9.17) is 4.42 Å². The number of carboxylic acid groups (broad SMARTS) is 1. The molecule has 0 radical (unpaired) electrons. The minimum Gasteiger partial charge on any atom is -0.478 e. The van der Waals surface area contributed by atoms with Gasteiger partial charge in [-0.2, -0.15) is 0 Å². The van der Waals surface area contributed by atoms with E-state index in [2.05, 4.69) is 9.72 Å². The molecule has 1 N–H and O–H groups in total. The summed E-state index contributed by atoms with van der Waals surface area (Å²) in [5.41, 5.74) is 0.878. The Bertz CT molecular complexity index is 1150. The van der Waals surface area contributed by atoms with Crippen LogP contribution in [0, 0.1) is 0 Å². The average molecular weight is 373 g/mol. The van der Waals surface area contributed by atoms with Gasteiger partial charge < -0.3 is 14.3 Å². The summed E-state index contributed by atoms with van der Waals surface area (Å²) >= 11 is 0. The molecule has 2 heterocycles. The summed E-state index contributed by atoms with van der Waals surface area (Å²) in [6.45, 7) is 0. The van der Waals surface area contributed by atoms with Crippen LogP contribution in [0.4, 0.5) is 13.2 Å². The Labute approximate surface area is 149 Å². The predicted molar refractivity (Wildman–Crippen MR) is 90.6 cm³/mol. The van der Waals surface area contributed by atoms with Crippen molar-refractivity contribution in [3.05, 3.63) is 60.2 Å². The third-order valence-corrected chi connectivity index (χ3v) is 3.92. The number of fused-ring (bicyclic) bond motifs is 2. The van der Waals surface area contributed by atoms with Crippen molar-refractivity contribution in [1.29, 1.82) is 0 Å². The van der Waals surface area contributed by atoms with Crippen LogP contribution in [0.5, 0.6) is 5.75 Å². The van der Waals surface area contributed by atoms with Gasteiger partial charge in [-0.1, -0.05) is 18.2 Å². The van der Waals surface area contributed by atoms with E-state index in [1.807, 2.05) is 12.1 Å². The Morgan fingerprint density at radius 2 is 1.85 bits per heavy atom. The molecule has 27 heavy (non-hydrogen) atoms. The normalized spacial score (nSPS) is 11.8. The molecule has 0 amide bonds. The van der Waals surface area contributed by atoms with Crippen LogP contribution >= 0.6 is 0 Å². The number of pyridine rings is 1. The largest absolute Gasteiger partial charge is 0.573 e. The zero-order valence-corrected chi connectivity index (χ0v) is 13.4. The quantitative estimate of drug-likeness (QED) is 0.531. The Morgan fingerprint density at radius 1 is 1.07 bits per heavy atom. The highest BCUT2D eigenvalue weighted by Gasteiger charge is 2.31. The molecule has 0 unspecified atom stereocenters. The van der Waals surface area contributed by atoms with E-state index in [0.717, 1.165) is 17.5 Å². The maximum Gasteiger partial charge on any atom is 0.573 e. The van der Waals surface area contributed by atoms with Crippen molar-refractivity contribution in [2.75, 3.05) is 0 Å². The number of nitrogens with zero attached hydrogens (tertiary/aromatic N) is 1. The van der Waals surface area contributed by atoms with E-state index in [1.54, 1.807) is 18.2 Å². The second kappa shape index (κ2) is 6.01. The minimum atomic E-state index is -4.88. The monoisotopic (exact) mass is 373 g/mol. The van der Waals surface area contributed by atoms with E-state index in [0.29, 0.717) is 11.3 Å². The summed E-state index contributed by atoms with van der Waals surface area (Å²) in [6, 6.07) is 13.6. The first-order valence-corrected chi connectivity index (χ1v) is 7.73. The second-order valence-electron chi connectivity index (χ2n) is 5.74. The summed E-state index contributed by atoms with van der Waals surface area (Å²) in [5, 5.41) is 10.3. The fourth-order valence-electron chi connectivity index (χ4n) is 2.81. The van der Waals surface area contributed by atoms with Gasteiger partial charge in [-0.05, 0) is 36.4 Å². The van der Waals surface area contributed by atoms with Crippen LogP contribution in [-0.4, -0.2) is 22.4 Å². The maximum absolute atomic E-state index is 12.4. The van der Waals surface area contributed by atoms with Crippen LogP contribution in [0.2, 0.25) is 0 Å². The van der Waals surface area contributed by atoms with Crippen molar-refractivity contribution in [3.8, 4) is 17.2 Å². The minimum absolute atomic E-state index is 0.0316. The zero-order chi connectivity index (χ0) is 19.2. The summed E-state index contributed by atoms with van der Waals surface area (Å²) in [6.07, 6.45) is -4.88. The number of hydrogen-bond acceptors (Lipinski definition) is 4. The number of furan rings is 1. The van der Waals surface area contributed by atoms with Gasteiger partial charge in [0.25, 0.3) is 0 Å². The third kappa shape index (κ3) is 3.29. The van der Waals surface area contributed by atoms with Crippen molar-refractivity contribution >= 4 is 27.8 Å². The van der Waals surface area contributed by atoms with Gasteiger partial charge in [0.2, 0.25) is 0 Å². The van der Waals surface area contributed by atoms with Crippen molar-refractivity contribution in [2.24, 2.45) is 0 Å². The lowest BCUT2D eigenvalue weighted by molar-refractivity contribution is -0.274. The third-order valence-electron chi connectivity index (χ3n) is 3.92. The SMILES string of the molecule is O=C(O)c1cc(-c2cc3ccccc3o2)nc2ccc(OC(F)(F)F)cc12. The van der Waals surface area contributed by atoms with Crippen molar-refractivity contribution in [3.63, 3.8) is 0 Å². The van der Waals surface area contributed by atoms with E-state index in [9.17, 15) is 23.1 Å². The number of hydrogen-bond donors (Lipinski definition) is 1.